The Bertz CT molecular complexity index is 182. The first kappa shape index (κ1) is 12.0. The molecule has 0 saturated carbocycles. The van der Waals surface area contributed by atoms with Gasteiger partial charge in [-0.15, -0.1) is 0 Å². The fraction of sp³-hybridized carbons (Fsp3) is 1.00. The molecule has 0 bridgehead atoms. The summed E-state index contributed by atoms with van der Waals surface area (Å²) in [5.41, 5.74) is 0.00509. The summed E-state index contributed by atoms with van der Waals surface area (Å²) in [5.74, 6) is 0. The molecule has 2 atom stereocenters. The summed E-state index contributed by atoms with van der Waals surface area (Å²) in [6.07, 6.45) is 0.350. The molecule has 0 aliphatic carbocycles. The van der Waals surface area contributed by atoms with Gasteiger partial charge in [0.1, 0.15) is 0 Å². The zero-order valence-electron chi connectivity index (χ0n) is 10.1. The van der Waals surface area contributed by atoms with Gasteiger partial charge in [0.2, 0.25) is 0 Å². The van der Waals surface area contributed by atoms with Crippen LogP contribution in [-0.2, 0) is 4.74 Å². The van der Waals surface area contributed by atoms with Crippen molar-refractivity contribution in [2.75, 3.05) is 26.7 Å². The molecular weight excluding hydrogens is 176 g/mol. The molecule has 3 heteroatoms. The molecule has 0 radical (unpaired) electrons. The second kappa shape index (κ2) is 4.60. The van der Waals surface area contributed by atoms with Crippen molar-refractivity contribution in [2.45, 2.75) is 45.4 Å². The smallest absolute Gasteiger partial charge is 0.0757 e. The highest BCUT2D eigenvalue weighted by atomic mass is 16.5. The Kier molecular flexibility index (Phi) is 3.93. The summed E-state index contributed by atoms with van der Waals surface area (Å²) in [6, 6.07) is 0.552. The Morgan fingerprint density at radius 2 is 2.21 bits per heavy atom. The predicted molar refractivity (Wildman–Crippen MR) is 59.6 cm³/mol. The molecule has 1 heterocycles. The number of nitrogens with one attached hydrogen (secondary N) is 1. The third kappa shape index (κ3) is 3.56. The minimum atomic E-state index is 0.00509. The van der Waals surface area contributed by atoms with Gasteiger partial charge in [0.25, 0.3) is 0 Å². The SMILES string of the molecule is CNC(C)CN1CC(C)OC(C)(C)C1. The zero-order chi connectivity index (χ0) is 10.8. The van der Waals surface area contributed by atoms with Crippen LogP contribution in [0.3, 0.4) is 0 Å². The van der Waals surface area contributed by atoms with Crippen LogP contribution in [0.4, 0.5) is 0 Å². The van der Waals surface area contributed by atoms with E-state index in [1.54, 1.807) is 0 Å². The second-order valence-corrected chi connectivity index (χ2v) is 5.07. The minimum absolute atomic E-state index is 0.00509. The van der Waals surface area contributed by atoms with E-state index in [1.165, 1.54) is 0 Å². The lowest BCUT2D eigenvalue weighted by molar-refractivity contribution is -0.129. The van der Waals surface area contributed by atoms with Crippen molar-refractivity contribution in [1.29, 1.82) is 0 Å². The monoisotopic (exact) mass is 200 g/mol. The van der Waals surface area contributed by atoms with E-state index in [4.69, 9.17) is 4.74 Å². The maximum Gasteiger partial charge on any atom is 0.0757 e. The molecule has 3 nitrogen and oxygen atoms in total. The Labute approximate surface area is 87.8 Å². The van der Waals surface area contributed by atoms with E-state index in [2.05, 4.69) is 37.9 Å². The maximum absolute atomic E-state index is 5.86. The van der Waals surface area contributed by atoms with E-state index in [9.17, 15) is 0 Å². The van der Waals surface area contributed by atoms with Gasteiger partial charge in [-0.3, -0.25) is 4.90 Å². The Morgan fingerprint density at radius 3 is 2.71 bits per heavy atom. The van der Waals surface area contributed by atoms with E-state index in [0.717, 1.165) is 19.6 Å². The molecule has 0 spiro atoms. The molecule has 0 aromatic heterocycles. The van der Waals surface area contributed by atoms with Gasteiger partial charge >= 0.3 is 0 Å². The van der Waals surface area contributed by atoms with Crippen molar-refractivity contribution in [2.24, 2.45) is 0 Å². The zero-order valence-corrected chi connectivity index (χ0v) is 10.1. The van der Waals surface area contributed by atoms with Crippen molar-refractivity contribution >= 4 is 0 Å². The van der Waals surface area contributed by atoms with Crippen LogP contribution in [0.1, 0.15) is 27.7 Å². The first-order valence-corrected chi connectivity index (χ1v) is 5.50. The Morgan fingerprint density at radius 1 is 1.57 bits per heavy atom. The molecule has 0 amide bonds. The fourth-order valence-electron chi connectivity index (χ4n) is 2.20. The van der Waals surface area contributed by atoms with Crippen molar-refractivity contribution in [3.05, 3.63) is 0 Å². The average molecular weight is 200 g/mol. The van der Waals surface area contributed by atoms with Crippen LogP contribution in [-0.4, -0.2) is 49.3 Å². The molecule has 1 rings (SSSR count). The van der Waals surface area contributed by atoms with E-state index in [1.807, 2.05) is 7.05 Å². The number of rotatable bonds is 3. The number of hydrogen-bond donors (Lipinski definition) is 1. The van der Waals surface area contributed by atoms with Gasteiger partial charge in [0.05, 0.1) is 11.7 Å². The molecule has 84 valence electrons. The lowest BCUT2D eigenvalue weighted by atomic mass is 10.1. The first-order valence-electron chi connectivity index (χ1n) is 5.50. The van der Waals surface area contributed by atoms with E-state index >= 15 is 0 Å². The average Bonchev–Trinajstić information content (AvgIpc) is 1.99. The highest BCUT2D eigenvalue weighted by Crippen LogP contribution is 2.20. The third-order valence-corrected chi connectivity index (χ3v) is 2.66. The largest absolute Gasteiger partial charge is 0.370 e. The van der Waals surface area contributed by atoms with E-state index in [0.29, 0.717) is 12.1 Å². The predicted octanol–water partition coefficient (Wildman–Crippen LogP) is 1.09. The minimum Gasteiger partial charge on any atom is -0.370 e. The van der Waals surface area contributed by atoms with Crippen molar-refractivity contribution in [3.63, 3.8) is 0 Å². The van der Waals surface area contributed by atoms with Crippen LogP contribution in [0.15, 0.2) is 0 Å². The number of nitrogens with zero attached hydrogens (tertiary/aromatic N) is 1. The topological polar surface area (TPSA) is 24.5 Å². The van der Waals surface area contributed by atoms with Crippen molar-refractivity contribution in [1.82, 2.24) is 10.2 Å². The quantitative estimate of drug-likeness (QED) is 0.738. The molecule has 2 unspecified atom stereocenters. The molecule has 1 saturated heterocycles. The molecule has 14 heavy (non-hydrogen) atoms. The van der Waals surface area contributed by atoms with E-state index < -0.39 is 0 Å². The molecule has 1 aliphatic rings. The molecule has 0 aromatic rings. The van der Waals surface area contributed by atoms with E-state index in [-0.39, 0.29) is 5.60 Å². The van der Waals surface area contributed by atoms with Crippen molar-refractivity contribution in [3.8, 4) is 0 Å². The molecular formula is C11H24N2O. The van der Waals surface area contributed by atoms with Gasteiger partial charge in [0, 0.05) is 25.7 Å². The molecule has 1 fully saturated rings. The van der Waals surface area contributed by atoms with Crippen LogP contribution >= 0.6 is 0 Å². The van der Waals surface area contributed by atoms with Gasteiger partial charge in [-0.2, -0.15) is 0 Å². The lowest BCUT2D eigenvalue weighted by Gasteiger charge is -2.42. The number of likely N-dealkylation sites (N-methyl/N-ethyl adjacent to an activating group) is 1. The van der Waals surface area contributed by atoms with Gasteiger partial charge in [-0.25, -0.2) is 0 Å². The standard InChI is InChI=1S/C11H24N2O/c1-9(12-5)6-13-7-10(2)14-11(3,4)8-13/h9-10,12H,6-8H2,1-5H3. The highest BCUT2D eigenvalue weighted by molar-refractivity contribution is 4.83. The van der Waals surface area contributed by atoms with Crippen molar-refractivity contribution < 1.29 is 4.74 Å². The molecule has 1 aliphatic heterocycles. The summed E-state index contributed by atoms with van der Waals surface area (Å²) in [5, 5.41) is 3.27. The number of ether oxygens (including phenoxy) is 1. The Hall–Kier alpha value is -0.120. The molecule has 1 N–H and O–H groups in total. The lowest BCUT2D eigenvalue weighted by Crippen LogP contribution is -2.54. The van der Waals surface area contributed by atoms with Crippen LogP contribution in [0.25, 0.3) is 0 Å². The summed E-state index contributed by atoms with van der Waals surface area (Å²) in [6.45, 7) is 11.9. The first-order chi connectivity index (χ1) is 6.43. The summed E-state index contributed by atoms with van der Waals surface area (Å²) in [7, 11) is 2.01. The normalized spacial score (nSPS) is 30.2. The highest BCUT2D eigenvalue weighted by Gasteiger charge is 2.31. The van der Waals surface area contributed by atoms with Crippen LogP contribution in [0.2, 0.25) is 0 Å². The second-order valence-electron chi connectivity index (χ2n) is 5.07. The Balaban J connectivity index is 2.45. The van der Waals surface area contributed by atoms with Gasteiger partial charge in [0.15, 0.2) is 0 Å². The van der Waals surface area contributed by atoms with Crippen LogP contribution < -0.4 is 5.32 Å². The van der Waals surface area contributed by atoms with Gasteiger partial charge < -0.3 is 10.1 Å². The maximum atomic E-state index is 5.86. The van der Waals surface area contributed by atoms with Crippen LogP contribution in [0, 0.1) is 0 Å². The van der Waals surface area contributed by atoms with Gasteiger partial charge in [-0.1, -0.05) is 0 Å². The number of morpholine rings is 1. The summed E-state index contributed by atoms with van der Waals surface area (Å²) >= 11 is 0. The number of hydrogen-bond acceptors (Lipinski definition) is 3. The summed E-state index contributed by atoms with van der Waals surface area (Å²) < 4.78 is 5.86. The van der Waals surface area contributed by atoms with Gasteiger partial charge in [-0.05, 0) is 34.7 Å². The fourth-order valence-corrected chi connectivity index (χ4v) is 2.20. The van der Waals surface area contributed by atoms with Crippen LogP contribution in [0.5, 0.6) is 0 Å². The molecule has 0 aromatic carbocycles. The third-order valence-electron chi connectivity index (χ3n) is 2.66. The summed E-state index contributed by atoms with van der Waals surface area (Å²) in [4.78, 5) is 2.48.